The third kappa shape index (κ3) is 3.96. The van der Waals surface area contributed by atoms with Gasteiger partial charge in [0.1, 0.15) is 0 Å². The quantitative estimate of drug-likeness (QED) is 0.766. The van der Waals surface area contributed by atoms with Gasteiger partial charge >= 0.3 is 0 Å². The Labute approximate surface area is 105 Å². The van der Waals surface area contributed by atoms with E-state index < -0.39 is 0 Å². The van der Waals surface area contributed by atoms with Crippen molar-refractivity contribution in [2.75, 3.05) is 20.3 Å². The van der Waals surface area contributed by atoms with Gasteiger partial charge in [0.2, 0.25) is 5.91 Å². The van der Waals surface area contributed by atoms with Crippen molar-refractivity contribution in [1.82, 2.24) is 10.2 Å². The Morgan fingerprint density at radius 2 is 2.06 bits per heavy atom. The average molecular weight is 242 g/mol. The molecular formula is C13H26N2O2. The van der Waals surface area contributed by atoms with Gasteiger partial charge in [-0.3, -0.25) is 10.1 Å². The third-order valence-corrected chi connectivity index (χ3v) is 3.13. The maximum atomic E-state index is 12.1. The standard InChI is InChI=1S/C13H26N2O2/c1-9(2)6-12-14-11(4)13(16)15(12)7-10(3)8-17-5/h9-12,14H,6-8H2,1-5H3. The van der Waals surface area contributed by atoms with Crippen molar-refractivity contribution in [3.05, 3.63) is 0 Å². The molecule has 3 atom stereocenters. The number of nitrogens with zero attached hydrogens (tertiary/aromatic N) is 1. The van der Waals surface area contributed by atoms with Gasteiger partial charge in [0, 0.05) is 13.7 Å². The fourth-order valence-corrected chi connectivity index (χ4v) is 2.38. The van der Waals surface area contributed by atoms with E-state index in [4.69, 9.17) is 4.74 Å². The van der Waals surface area contributed by atoms with Gasteiger partial charge in [-0.05, 0) is 25.2 Å². The van der Waals surface area contributed by atoms with Crippen LogP contribution in [0.5, 0.6) is 0 Å². The maximum absolute atomic E-state index is 12.1. The Morgan fingerprint density at radius 1 is 1.41 bits per heavy atom. The van der Waals surface area contributed by atoms with Crippen LogP contribution in [0.25, 0.3) is 0 Å². The van der Waals surface area contributed by atoms with E-state index in [1.165, 1.54) is 0 Å². The van der Waals surface area contributed by atoms with E-state index in [1.54, 1.807) is 7.11 Å². The summed E-state index contributed by atoms with van der Waals surface area (Å²) in [5.74, 6) is 1.19. The smallest absolute Gasteiger partial charge is 0.240 e. The summed E-state index contributed by atoms with van der Waals surface area (Å²) in [6, 6.07) is -0.0477. The van der Waals surface area contributed by atoms with E-state index >= 15 is 0 Å². The molecule has 4 nitrogen and oxygen atoms in total. The van der Waals surface area contributed by atoms with E-state index in [1.807, 2.05) is 11.8 Å². The van der Waals surface area contributed by atoms with Crippen molar-refractivity contribution in [2.45, 2.75) is 46.3 Å². The SMILES string of the molecule is COCC(C)CN1C(=O)C(C)NC1CC(C)C. The molecule has 1 N–H and O–H groups in total. The topological polar surface area (TPSA) is 41.6 Å². The summed E-state index contributed by atoms with van der Waals surface area (Å²) in [7, 11) is 1.70. The maximum Gasteiger partial charge on any atom is 0.240 e. The minimum Gasteiger partial charge on any atom is -0.384 e. The van der Waals surface area contributed by atoms with Gasteiger partial charge in [-0.1, -0.05) is 20.8 Å². The van der Waals surface area contributed by atoms with Crippen molar-refractivity contribution in [2.24, 2.45) is 11.8 Å². The van der Waals surface area contributed by atoms with Gasteiger partial charge in [0.25, 0.3) is 0 Å². The second-order valence-electron chi connectivity index (χ2n) is 5.58. The highest BCUT2D eigenvalue weighted by molar-refractivity contribution is 5.83. The Balaban J connectivity index is 2.60. The van der Waals surface area contributed by atoms with E-state index in [-0.39, 0.29) is 18.1 Å². The largest absolute Gasteiger partial charge is 0.384 e. The molecule has 1 amide bonds. The van der Waals surface area contributed by atoms with Crippen LogP contribution in [0.3, 0.4) is 0 Å². The second kappa shape index (κ2) is 6.36. The zero-order valence-electron chi connectivity index (χ0n) is 11.7. The second-order valence-corrected chi connectivity index (χ2v) is 5.58. The number of amides is 1. The molecular weight excluding hydrogens is 216 g/mol. The molecule has 0 saturated carbocycles. The normalized spacial score (nSPS) is 26.9. The highest BCUT2D eigenvalue weighted by Crippen LogP contribution is 2.19. The highest BCUT2D eigenvalue weighted by Gasteiger charge is 2.36. The molecule has 0 aliphatic carbocycles. The summed E-state index contributed by atoms with van der Waals surface area (Å²) >= 11 is 0. The number of methoxy groups -OCH3 is 1. The van der Waals surface area contributed by atoms with E-state index in [2.05, 4.69) is 26.1 Å². The van der Waals surface area contributed by atoms with Crippen molar-refractivity contribution < 1.29 is 9.53 Å². The third-order valence-electron chi connectivity index (χ3n) is 3.13. The number of nitrogens with one attached hydrogen (secondary N) is 1. The van der Waals surface area contributed by atoms with Gasteiger partial charge in [0.15, 0.2) is 0 Å². The number of hydrogen-bond acceptors (Lipinski definition) is 3. The zero-order chi connectivity index (χ0) is 13.0. The lowest BCUT2D eigenvalue weighted by Crippen LogP contribution is -2.41. The monoisotopic (exact) mass is 242 g/mol. The van der Waals surface area contributed by atoms with Gasteiger partial charge in [-0.2, -0.15) is 0 Å². The van der Waals surface area contributed by atoms with Crippen molar-refractivity contribution in [3.63, 3.8) is 0 Å². The lowest BCUT2D eigenvalue weighted by atomic mass is 10.1. The minimum absolute atomic E-state index is 0.0477. The van der Waals surface area contributed by atoms with Crippen LogP contribution in [0.4, 0.5) is 0 Å². The van der Waals surface area contributed by atoms with Crippen LogP contribution >= 0.6 is 0 Å². The van der Waals surface area contributed by atoms with E-state index in [0.717, 1.165) is 13.0 Å². The first-order valence-electron chi connectivity index (χ1n) is 6.51. The molecule has 1 aliphatic rings. The summed E-state index contributed by atoms with van der Waals surface area (Å²) in [6.07, 6.45) is 1.20. The zero-order valence-corrected chi connectivity index (χ0v) is 11.7. The molecule has 0 bridgehead atoms. The molecule has 0 spiro atoms. The lowest BCUT2D eigenvalue weighted by molar-refractivity contribution is -0.130. The lowest BCUT2D eigenvalue weighted by Gasteiger charge is -2.28. The number of carbonyl (C=O) groups excluding carboxylic acids is 1. The van der Waals surface area contributed by atoms with Crippen LogP contribution in [0.2, 0.25) is 0 Å². The summed E-state index contributed by atoms with van der Waals surface area (Å²) in [6.45, 7) is 9.91. The van der Waals surface area contributed by atoms with Crippen LogP contribution < -0.4 is 5.32 Å². The number of carbonyl (C=O) groups is 1. The first kappa shape index (κ1) is 14.5. The molecule has 0 aromatic carbocycles. The highest BCUT2D eigenvalue weighted by atomic mass is 16.5. The molecule has 1 saturated heterocycles. The van der Waals surface area contributed by atoms with Crippen LogP contribution in [0.15, 0.2) is 0 Å². The van der Waals surface area contributed by atoms with Crippen LogP contribution in [0, 0.1) is 11.8 Å². The van der Waals surface area contributed by atoms with E-state index in [0.29, 0.717) is 18.4 Å². The van der Waals surface area contributed by atoms with Gasteiger partial charge < -0.3 is 9.64 Å². The summed E-state index contributed by atoms with van der Waals surface area (Å²) < 4.78 is 5.13. The van der Waals surface area contributed by atoms with Gasteiger partial charge in [0.05, 0.1) is 18.8 Å². The van der Waals surface area contributed by atoms with Crippen molar-refractivity contribution >= 4 is 5.91 Å². The van der Waals surface area contributed by atoms with Crippen LogP contribution in [0.1, 0.15) is 34.1 Å². The Kier molecular flexibility index (Phi) is 5.40. The predicted molar refractivity (Wildman–Crippen MR) is 68.6 cm³/mol. The van der Waals surface area contributed by atoms with E-state index in [9.17, 15) is 4.79 Å². The van der Waals surface area contributed by atoms with Crippen LogP contribution in [-0.2, 0) is 9.53 Å². The predicted octanol–water partition coefficient (Wildman–Crippen LogP) is 1.46. The summed E-state index contributed by atoms with van der Waals surface area (Å²) in [5, 5.41) is 3.37. The minimum atomic E-state index is -0.0477. The van der Waals surface area contributed by atoms with Crippen molar-refractivity contribution in [1.29, 1.82) is 0 Å². The van der Waals surface area contributed by atoms with Crippen molar-refractivity contribution in [3.8, 4) is 0 Å². The van der Waals surface area contributed by atoms with Gasteiger partial charge in [-0.25, -0.2) is 0 Å². The molecule has 0 radical (unpaired) electrons. The first-order valence-corrected chi connectivity index (χ1v) is 6.51. The number of hydrogen-bond donors (Lipinski definition) is 1. The average Bonchev–Trinajstić information content (AvgIpc) is 2.45. The fourth-order valence-electron chi connectivity index (χ4n) is 2.38. The molecule has 1 rings (SSSR count). The van der Waals surface area contributed by atoms with Gasteiger partial charge in [-0.15, -0.1) is 0 Å². The van der Waals surface area contributed by atoms with Crippen LogP contribution in [-0.4, -0.2) is 43.3 Å². The molecule has 0 aromatic rings. The summed E-state index contributed by atoms with van der Waals surface area (Å²) in [4.78, 5) is 14.0. The molecule has 17 heavy (non-hydrogen) atoms. The summed E-state index contributed by atoms with van der Waals surface area (Å²) in [5.41, 5.74) is 0. The number of rotatable bonds is 6. The molecule has 1 heterocycles. The molecule has 1 fully saturated rings. The Bertz CT molecular complexity index is 256. The first-order chi connectivity index (χ1) is 7.95. The molecule has 100 valence electrons. The molecule has 3 unspecified atom stereocenters. The number of ether oxygens (including phenoxy) is 1. The molecule has 1 aliphatic heterocycles. The molecule has 4 heteroatoms. The fraction of sp³-hybridized carbons (Fsp3) is 0.923. The molecule has 0 aromatic heterocycles. The Morgan fingerprint density at radius 3 is 2.59 bits per heavy atom. The Hall–Kier alpha value is -0.610.